The number of nitrogens with zero attached hydrogens (tertiary/aromatic N) is 1. The Balaban J connectivity index is 2.23. The minimum Gasteiger partial charge on any atom is -0.365 e. The van der Waals surface area contributed by atoms with Gasteiger partial charge in [0.15, 0.2) is 0 Å². The predicted octanol–water partition coefficient (Wildman–Crippen LogP) is 0.709. The van der Waals surface area contributed by atoms with E-state index in [2.05, 4.69) is 34.5 Å². The molecule has 0 aromatic heterocycles. The van der Waals surface area contributed by atoms with Gasteiger partial charge in [-0.25, -0.2) is 0 Å². The van der Waals surface area contributed by atoms with E-state index in [0.717, 1.165) is 13.3 Å². The Bertz CT molecular complexity index is 70.8. The average Bonchev–Trinajstić information content (AvgIpc) is 1.64. The summed E-state index contributed by atoms with van der Waals surface area (Å²) in [5.74, 6) is 0. The van der Waals surface area contributed by atoms with E-state index >= 15 is 0 Å². The van der Waals surface area contributed by atoms with Gasteiger partial charge in [-0.1, -0.05) is 22.6 Å². The first-order chi connectivity index (χ1) is 3.79. The molecule has 1 unspecified atom stereocenters. The van der Waals surface area contributed by atoms with E-state index in [1.165, 1.54) is 6.54 Å². The number of hydrogen-bond donors (Lipinski definition) is 0. The molecular formula is C5H10INO. The summed E-state index contributed by atoms with van der Waals surface area (Å²) in [6.45, 7) is 2.89. The van der Waals surface area contributed by atoms with E-state index in [4.69, 9.17) is 4.74 Å². The number of alkyl halides is 1. The van der Waals surface area contributed by atoms with Crippen LogP contribution in [-0.4, -0.2) is 35.8 Å². The zero-order valence-electron chi connectivity index (χ0n) is 4.93. The Morgan fingerprint density at radius 2 is 2.50 bits per heavy atom. The quantitative estimate of drug-likeness (QED) is 0.446. The molecule has 0 aromatic rings. The van der Waals surface area contributed by atoms with Gasteiger partial charge in [0.05, 0.1) is 13.3 Å². The van der Waals surface area contributed by atoms with Crippen molar-refractivity contribution in [3.63, 3.8) is 0 Å². The van der Waals surface area contributed by atoms with Crippen molar-refractivity contribution in [3.8, 4) is 0 Å². The standard InChI is InChI=1S/C5H10INO/c1-7-2-5(6)3-8-4-7/h5H,2-4H2,1H3. The van der Waals surface area contributed by atoms with Crippen molar-refractivity contribution in [2.75, 3.05) is 26.9 Å². The third kappa shape index (κ3) is 1.87. The first-order valence-corrected chi connectivity index (χ1v) is 3.94. The van der Waals surface area contributed by atoms with Crippen molar-refractivity contribution < 1.29 is 4.74 Å². The van der Waals surface area contributed by atoms with Crippen molar-refractivity contribution in [2.45, 2.75) is 3.92 Å². The Labute approximate surface area is 63.3 Å². The van der Waals surface area contributed by atoms with Crippen LogP contribution in [0.5, 0.6) is 0 Å². The normalized spacial score (nSPS) is 33.0. The summed E-state index contributed by atoms with van der Waals surface area (Å²) in [7, 11) is 2.07. The van der Waals surface area contributed by atoms with Gasteiger partial charge in [-0.05, 0) is 7.05 Å². The van der Waals surface area contributed by atoms with Gasteiger partial charge >= 0.3 is 0 Å². The Morgan fingerprint density at radius 3 is 2.88 bits per heavy atom. The summed E-state index contributed by atoms with van der Waals surface area (Å²) in [4.78, 5) is 2.18. The zero-order chi connectivity index (χ0) is 5.98. The van der Waals surface area contributed by atoms with Gasteiger partial charge in [-0.15, -0.1) is 0 Å². The highest BCUT2D eigenvalue weighted by Gasteiger charge is 2.12. The summed E-state index contributed by atoms with van der Waals surface area (Å²) in [5, 5.41) is 0. The van der Waals surface area contributed by atoms with Crippen molar-refractivity contribution in [2.24, 2.45) is 0 Å². The fourth-order valence-electron chi connectivity index (χ4n) is 0.780. The second-order valence-corrected chi connectivity index (χ2v) is 3.90. The zero-order valence-corrected chi connectivity index (χ0v) is 7.09. The molecule has 1 fully saturated rings. The van der Waals surface area contributed by atoms with E-state index < -0.39 is 0 Å². The monoisotopic (exact) mass is 227 g/mol. The molecule has 0 aromatic carbocycles. The highest BCUT2D eigenvalue weighted by Crippen LogP contribution is 2.07. The smallest absolute Gasteiger partial charge is 0.0988 e. The Morgan fingerprint density at radius 1 is 1.75 bits per heavy atom. The molecule has 0 amide bonds. The van der Waals surface area contributed by atoms with Crippen LogP contribution in [0.3, 0.4) is 0 Å². The highest BCUT2D eigenvalue weighted by molar-refractivity contribution is 14.1. The first-order valence-electron chi connectivity index (χ1n) is 2.69. The summed E-state index contributed by atoms with van der Waals surface area (Å²) < 4.78 is 5.90. The van der Waals surface area contributed by atoms with E-state index in [9.17, 15) is 0 Å². The lowest BCUT2D eigenvalue weighted by Gasteiger charge is -2.25. The number of ether oxygens (including phenoxy) is 1. The van der Waals surface area contributed by atoms with Crippen LogP contribution < -0.4 is 0 Å². The molecule has 0 saturated carbocycles. The number of halogens is 1. The molecule has 1 rings (SSSR count). The molecule has 0 N–H and O–H groups in total. The van der Waals surface area contributed by atoms with E-state index in [0.29, 0.717) is 3.92 Å². The van der Waals surface area contributed by atoms with Crippen molar-refractivity contribution in [3.05, 3.63) is 0 Å². The van der Waals surface area contributed by atoms with Crippen LogP contribution in [0.15, 0.2) is 0 Å². The third-order valence-electron chi connectivity index (χ3n) is 1.12. The molecule has 1 aliphatic heterocycles. The van der Waals surface area contributed by atoms with Gasteiger partial charge in [-0.2, -0.15) is 0 Å². The van der Waals surface area contributed by atoms with Crippen molar-refractivity contribution >= 4 is 22.6 Å². The lowest BCUT2D eigenvalue weighted by atomic mass is 10.4. The molecule has 1 atom stereocenters. The van der Waals surface area contributed by atoms with E-state index in [1.807, 2.05) is 0 Å². The number of hydrogen-bond acceptors (Lipinski definition) is 2. The lowest BCUT2D eigenvalue weighted by Crippen LogP contribution is -2.36. The van der Waals surface area contributed by atoms with Crippen LogP contribution in [0.25, 0.3) is 0 Å². The molecule has 48 valence electrons. The topological polar surface area (TPSA) is 12.5 Å². The lowest BCUT2D eigenvalue weighted by molar-refractivity contribution is 0.00834. The largest absolute Gasteiger partial charge is 0.365 e. The third-order valence-corrected chi connectivity index (χ3v) is 1.87. The van der Waals surface area contributed by atoms with E-state index in [-0.39, 0.29) is 0 Å². The minimum atomic E-state index is 0.686. The summed E-state index contributed by atoms with van der Waals surface area (Å²) >= 11 is 2.41. The SMILES string of the molecule is CN1COCC(I)C1. The van der Waals surface area contributed by atoms with Crippen LogP contribution >= 0.6 is 22.6 Å². The first kappa shape index (κ1) is 6.77. The molecule has 0 radical (unpaired) electrons. The van der Waals surface area contributed by atoms with Crippen molar-refractivity contribution in [1.29, 1.82) is 0 Å². The Kier molecular flexibility index (Phi) is 2.52. The molecule has 0 bridgehead atoms. The summed E-state index contributed by atoms with van der Waals surface area (Å²) in [6, 6.07) is 0. The second kappa shape index (κ2) is 2.98. The maximum Gasteiger partial charge on any atom is 0.0988 e. The molecule has 1 saturated heterocycles. The molecular weight excluding hydrogens is 217 g/mol. The average molecular weight is 227 g/mol. The van der Waals surface area contributed by atoms with Gasteiger partial charge in [-0.3, -0.25) is 4.90 Å². The summed E-state index contributed by atoms with van der Waals surface area (Å²) in [6.07, 6.45) is 0. The van der Waals surface area contributed by atoms with Gasteiger partial charge < -0.3 is 4.74 Å². The fourth-order valence-corrected chi connectivity index (χ4v) is 1.71. The van der Waals surface area contributed by atoms with Crippen LogP contribution in [0.2, 0.25) is 0 Å². The molecule has 1 aliphatic rings. The van der Waals surface area contributed by atoms with Crippen LogP contribution in [-0.2, 0) is 4.74 Å². The van der Waals surface area contributed by atoms with Crippen molar-refractivity contribution in [1.82, 2.24) is 4.90 Å². The van der Waals surface area contributed by atoms with Gasteiger partial charge in [0.25, 0.3) is 0 Å². The van der Waals surface area contributed by atoms with Gasteiger partial charge in [0, 0.05) is 10.5 Å². The minimum absolute atomic E-state index is 0.686. The maximum atomic E-state index is 5.21. The van der Waals surface area contributed by atoms with Crippen LogP contribution in [0.4, 0.5) is 0 Å². The molecule has 0 spiro atoms. The van der Waals surface area contributed by atoms with Crippen LogP contribution in [0, 0.1) is 0 Å². The Hall–Kier alpha value is 0.650. The maximum absolute atomic E-state index is 5.21. The van der Waals surface area contributed by atoms with E-state index in [1.54, 1.807) is 0 Å². The highest BCUT2D eigenvalue weighted by atomic mass is 127. The molecule has 0 aliphatic carbocycles. The van der Waals surface area contributed by atoms with Gasteiger partial charge in [0.2, 0.25) is 0 Å². The molecule has 1 heterocycles. The second-order valence-electron chi connectivity index (χ2n) is 2.14. The number of rotatable bonds is 0. The predicted molar refractivity (Wildman–Crippen MR) is 41.3 cm³/mol. The van der Waals surface area contributed by atoms with Crippen LogP contribution in [0.1, 0.15) is 0 Å². The van der Waals surface area contributed by atoms with Gasteiger partial charge in [0.1, 0.15) is 0 Å². The molecule has 3 heteroatoms. The fraction of sp³-hybridized carbons (Fsp3) is 1.00. The molecule has 8 heavy (non-hydrogen) atoms. The summed E-state index contributed by atoms with van der Waals surface area (Å²) in [5.41, 5.74) is 0. The molecule has 2 nitrogen and oxygen atoms in total.